The number of aromatic nitrogens is 2. The van der Waals surface area contributed by atoms with Gasteiger partial charge in [-0.3, -0.25) is 9.20 Å². The maximum absolute atomic E-state index is 14.3. The zero-order chi connectivity index (χ0) is 22.2. The molecule has 1 aromatic carbocycles. The van der Waals surface area contributed by atoms with Gasteiger partial charge in [-0.2, -0.15) is 4.31 Å². The predicted octanol–water partition coefficient (Wildman–Crippen LogP) is 2.82. The molecule has 0 aliphatic carbocycles. The molecule has 164 valence electrons. The number of sulfonamides is 1. The summed E-state index contributed by atoms with van der Waals surface area (Å²) in [5.74, 6) is -1.34. The molecule has 11 heteroatoms. The molecule has 0 unspecified atom stereocenters. The van der Waals surface area contributed by atoms with Gasteiger partial charge in [0.25, 0.3) is 0 Å². The first-order valence-electron chi connectivity index (χ1n) is 9.57. The van der Waals surface area contributed by atoms with E-state index >= 15 is 0 Å². The molecule has 2 aromatic heterocycles. The Hall–Kier alpha value is -2.60. The molecule has 3 aromatic rings. The summed E-state index contributed by atoms with van der Waals surface area (Å²) in [6.07, 6.45) is 4.93. The number of fused-ring (bicyclic) bond motifs is 1. The monoisotopic (exact) mass is 464 g/mol. The zero-order valence-electron chi connectivity index (χ0n) is 17.0. The number of hydrogen-bond donors (Lipinski definition) is 1. The third kappa shape index (κ3) is 4.40. The number of halogens is 1. The minimum absolute atomic E-state index is 0.155. The van der Waals surface area contributed by atoms with E-state index in [1.807, 2.05) is 24.4 Å². The van der Waals surface area contributed by atoms with Crippen LogP contribution in [0.4, 0.5) is 10.1 Å². The number of morpholine rings is 1. The van der Waals surface area contributed by atoms with Crippen molar-refractivity contribution in [1.82, 2.24) is 13.7 Å². The van der Waals surface area contributed by atoms with Gasteiger partial charge in [-0.15, -0.1) is 11.3 Å². The molecule has 0 radical (unpaired) electrons. The number of amides is 1. The normalized spacial score (nSPS) is 15.7. The topological polar surface area (TPSA) is 93.0 Å². The fourth-order valence-electron chi connectivity index (χ4n) is 3.33. The maximum atomic E-state index is 14.3. The average molecular weight is 465 g/mol. The molecule has 0 spiro atoms. The molecule has 0 saturated carbocycles. The molecule has 1 aliphatic heterocycles. The lowest BCUT2D eigenvalue weighted by molar-refractivity contribution is -0.111. The van der Waals surface area contributed by atoms with E-state index in [9.17, 15) is 17.6 Å². The zero-order valence-corrected chi connectivity index (χ0v) is 18.6. The number of thiazole rings is 1. The third-order valence-corrected chi connectivity index (χ3v) is 7.65. The molecule has 1 saturated heterocycles. The van der Waals surface area contributed by atoms with Crippen LogP contribution in [0.5, 0.6) is 0 Å². The summed E-state index contributed by atoms with van der Waals surface area (Å²) in [6, 6.07) is 3.49. The van der Waals surface area contributed by atoms with Crippen molar-refractivity contribution >= 4 is 44.0 Å². The van der Waals surface area contributed by atoms with E-state index < -0.39 is 26.6 Å². The van der Waals surface area contributed by atoms with Crippen LogP contribution in [0.25, 0.3) is 11.0 Å². The third-order valence-electron chi connectivity index (χ3n) is 4.84. The van der Waals surface area contributed by atoms with Crippen LogP contribution in [0, 0.1) is 19.7 Å². The number of ether oxygens (including phenoxy) is 1. The summed E-state index contributed by atoms with van der Waals surface area (Å²) < 4.78 is 48.1. The number of nitrogens with one attached hydrogen (secondary N) is 1. The minimum atomic E-state index is -4.03. The molecule has 1 aliphatic rings. The van der Waals surface area contributed by atoms with Crippen molar-refractivity contribution < 1.29 is 22.3 Å². The van der Waals surface area contributed by atoms with Crippen molar-refractivity contribution in [2.24, 2.45) is 0 Å². The lowest BCUT2D eigenvalue weighted by atomic mass is 10.3. The first kappa shape index (κ1) is 21.6. The molecule has 1 fully saturated rings. The second-order valence-electron chi connectivity index (χ2n) is 7.06. The molecule has 0 atom stereocenters. The Balaban J connectivity index is 1.54. The molecule has 3 heterocycles. The number of carbonyl (C=O) groups is 1. The summed E-state index contributed by atoms with van der Waals surface area (Å²) >= 11 is 1.55. The summed E-state index contributed by atoms with van der Waals surface area (Å²) in [5.41, 5.74) is 1.75. The molecule has 8 nitrogen and oxygen atoms in total. The van der Waals surface area contributed by atoms with Gasteiger partial charge in [0, 0.05) is 35.9 Å². The number of aryl methyl sites for hydroxylation is 2. The Kier molecular flexibility index (Phi) is 5.93. The highest BCUT2D eigenvalue weighted by Crippen LogP contribution is 2.24. The maximum Gasteiger partial charge on any atom is 0.248 e. The van der Waals surface area contributed by atoms with Crippen molar-refractivity contribution in [3.05, 3.63) is 52.6 Å². The standard InChI is InChI=1S/C20H21FN4O4S2/c1-13-12-25-17(14(2)22-20(25)30-13)5-6-19(26)23-15-3-4-16(21)18(11-15)31(27,28)24-7-9-29-10-8-24/h3-6,11-12H,7-10H2,1-2H3,(H,23,26)/b6-5+. The molecular formula is C20H21FN4O4S2. The highest BCUT2D eigenvalue weighted by Gasteiger charge is 2.29. The van der Waals surface area contributed by atoms with Crippen LogP contribution >= 0.6 is 11.3 Å². The fourth-order valence-corrected chi connectivity index (χ4v) is 5.70. The van der Waals surface area contributed by atoms with Crippen LogP contribution in [-0.4, -0.2) is 54.3 Å². The Morgan fingerprint density at radius 1 is 1.29 bits per heavy atom. The van der Waals surface area contributed by atoms with Gasteiger partial charge in [0.1, 0.15) is 10.7 Å². The van der Waals surface area contributed by atoms with E-state index in [4.69, 9.17) is 4.74 Å². The van der Waals surface area contributed by atoms with Crippen molar-refractivity contribution in [2.75, 3.05) is 31.6 Å². The molecule has 0 bridgehead atoms. The van der Waals surface area contributed by atoms with Crippen molar-refractivity contribution in [3.63, 3.8) is 0 Å². The number of benzene rings is 1. The first-order valence-corrected chi connectivity index (χ1v) is 11.8. The Morgan fingerprint density at radius 3 is 2.77 bits per heavy atom. The van der Waals surface area contributed by atoms with Gasteiger partial charge in [0.05, 0.1) is 24.6 Å². The van der Waals surface area contributed by atoms with E-state index in [0.717, 1.165) is 33.4 Å². The molecule has 1 N–H and O–H groups in total. The average Bonchev–Trinajstić information content (AvgIpc) is 3.23. The van der Waals surface area contributed by atoms with Crippen molar-refractivity contribution in [1.29, 1.82) is 0 Å². The highest BCUT2D eigenvalue weighted by molar-refractivity contribution is 7.89. The first-order chi connectivity index (χ1) is 14.8. The number of imidazole rings is 1. The Bertz CT molecular complexity index is 1270. The summed E-state index contributed by atoms with van der Waals surface area (Å²) in [5, 5.41) is 2.59. The van der Waals surface area contributed by atoms with Gasteiger partial charge in [-0.05, 0) is 38.1 Å². The number of carbonyl (C=O) groups excluding carboxylic acids is 1. The van der Waals surface area contributed by atoms with Gasteiger partial charge in [-0.1, -0.05) is 0 Å². The van der Waals surface area contributed by atoms with Gasteiger partial charge < -0.3 is 10.1 Å². The van der Waals surface area contributed by atoms with Crippen LogP contribution in [0.3, 0.4) is 0 Å². The fraction of sp³-hybridized carbons (Fsp3) is 0.300. The van der Waals surface area contributed by atoms with E-state index in [2.05, 4.69) is 10.3 Å². The van der Waals surface area contributed by atoms with E-state index in [-0.39, 0.29) is 32.0 Å². The predicted molar refractivity (Wildman–Crippen MR) is 116 cm³/mol. The number of hydrogen-bond acceptors (Lipinski definition) is 6. The van der Waals surface area contributed by atoms with Gasteiger partial charge in [-0.25, -0.2) is 17.8 Å². The summed E-state index contributed by atoms with van der Waals surface area (Å²) in [6.45, 7) is 4.66. The second kappa shape index (κ2) is 8.50. The smallest absolute Gasteiger partial charge is 0.248 e. The van der Waals surface area contributed by atoms with Gasteiger partial charge in [0.2, 0.25) is 15.9 Å². The largest absolute Gasteiger partial charge is 0.379 e. The van der Waals surface area contributed by atoms with E-state index in [1.54, 1.807) is 17.4 Å². The lowest BCUT2D eigenvalue weighted by Gasteiger charge is -2.26. The molecule has 31 heavy (non-hydrogen) atoms. The van der Waals surface area contributed by atoms with Crippen LogP contribution in [0.2, 0.25) is 0 Å². The molecular weight excluding hydrogens is 443 g/mol. The SMILES string of the molecule is Cc1cn2c(/C=C/C(=O)Nc3ccc(F)c(S(=O)(=O)N4CCOCC4)c3)c(C)nc2s1. The lowest BCUT2D eigenvalue weighted by Crippen LogP contribution is -2.40. The second-order valence-corrected chi connectivity index (χ2v) is 10.2. The highest BCUT2D eigenvalue weighted by atomic mass is 32.2. The molecule has 1 amide bonds. The Morgan fingerprint density at radius 2 is 2.03 bits per heavy atom. The van der Waals surface area contributed by atoms with Crippen LogP contribution in [-0.2, 0) is 19.6 Å². The number of anilines is 1. The van der Waals surface area contributed by atoms with Crippen molar-refractivity contribution in [2.45, 2.75) is 18.7 Å². The summed E-state index contributed by atoms with van der Waals surface area (Å²) in [7, 11) is -4.03. The number of nitrogens with zero attached hydrogens (tertiary/aromatic N) is 3. The van der Waals surface area contributed by atoms with Gasteiger partial charge >= 0.3 is 0 Å². The summed E-state index contributed by atoms with van der Waals surface area (Å²) in [4.78, 5) is 18.3. The van der Waals surface area contributed by atoms with E-state index in [0.29, 0.717) is 0 Å². The van der Waals surface area contributed by atoms with Crippen LogP contribution in [0.1, 0.15) is 16.3 Å². The van der Waals surface area contributed by atoms with Crippen LogP contribution in [0.15, 0.2) is 35.4 Å². The number of rotatable bonds is 5. The quantitative estimate of drug-likeness (QED) is 0.586. The van der Waals surface area contributed by atoms with Crippen molar-refractivity contribution in [3.8, 4) is 0 Å². The van der Waals surface area contributed by atoms with Gasteiger partial charge in [0.15, 0.2) is 4.96 Å². The minimum Gasteiger partial charge on any atom is -0.379 e. The molecule has 4 rings (SSSR count). The van der Waals surface area contributed by atoms with E-state index in [1.165, 1.54) is 16.4 Å². The van der Waals surface area contributed by atoms with Crippen LogP contribution < -0.4 is 5.32 Å². The Labute approximate surface area is 183 Å².